The summed E-state index contributed by atoms with van der Waals surface area (Å²) in [6, 6.07) is 8.04. The van der Waals surface area contributed by atoms with Gasteiger partial charge in [-0.15, -0.1) is 0 Å². The number of rotatable bonds is 3. The third kappa shape index (κ3) is 2.82. The molecule has 0 bridgehead atoms. The van der Waals surface area contributed by atoms with Crippen LogP contribution in [0.15, 0.2) is 35.2 Å². The average Bonchev–Trinajstić information content (AvgIpc) is 2.36. The summed E-state index contributed by atoms with van der Waals surface area (Å²) in [5, 5.41) is 0. The number of benzene rings is 1. The number of hydrogen-bond donors (Lipinski definition) is 2. The topological polar surface area (TPSA) is 98.0 Å². The number of aromatic nitrogens is 2. The van der Waals surface area contributed by atoms with Gasteiger partial charge in [0, 0.05) is 0 Å². The van der Waals surface area contributed by atoms with Gasteiger partial charge in [0.2, 0.25) is 0 Å². The van der Waals surface area contributed by atoms with Gasteiger partial charge in [-0.2, -0.15) is 0 Å². The van der Waals surface area contributed by atoms with E-state index in [1.165, 1.54) is 12.1 Å². The van der Waals surface area contributed by atoms with E-state index in [1.54, 1.807) is 32.0 Å². The van der Waals surface area contributed by atoms with Crippen LogP contribution in [0.5, 0.6) is 0 Å². The number of nitrogens with zero attached hydrogens (tertiary/aromatic N) is 2. The first-order valence-corrected chi connectivity index (χ1v) is 7.07. The molecule has 0 spiro atoms. The van der Waals surface area contributed by atoms with Gasteiger partial charge < -0.3 is 5.73 Å². The van der Waals surface area contributed by atoms with Crippen LogP contribution in [0.25, 0.3) is 0 Å². The van der Waals surface area contributed by atoms with Crippen molar-refractivity contribution in [3.05, 3.63) is 41.9 Å². The first-order chi connectivity index (χ1) is 8.90. The minimum atomic E-state index is -3.69. The average molecular weight is 278 g/mol. The fourth-order valence-corrected chi connectivity index (χ4v) is 2.63. The summed E-state index contributed by atoms with van der Waals surface area (Å²) in [4.78, 5) is 8.24. The van der Waals surface area contributed by atoms with Crippen molar-refractivity contribution in [2.24, 2.45) is 0 Å². The maximum atomic E-state index is 12.1. The number of nitrogens with two attached hydrogens (primary N) is 1. The van der Waals surface area contributed by atoms with E-state index in [4.69, 9.17) is 5.73 Å². The molecule has 2 rings (SSSR count). The second-order valence-electron chi connectivity index (χ2n) is 4.04. The quantitative estimate of drug-likeness (QED) is 0.886. The van der Waals surface area contributed by atoms with Gasteiger partial charge in [0.1, 0.15) is 5.82 Å². The Kier molecular flexibility index (Phi) is 3.39. The molecule has 2 aromatic rings. The molecule has 0 saturated heterocycles. The summed E-state index contributed by atoms with van der Waals surface area (Å²) >= 11 is 0. The Morgan fingerprint density at radius 1 is 1.11 bits per heavy atom. The molecule has 0 aliphatic rings. The number of hydrogen-bond acceptors (Lipinski definition) is 5. The summed E-state index contributed by atoms with van der Waals surface area (Å²) in [6.07, 6.45) is 0. The lowest BCUT2D eigenvalue weighted by atomic mass is 10.3. The first-order valence-electron chi connectivity index (χ1n) is 5.59. The Morgan fingerprint density at radius 2 is 1.74 bits per heavy atom. The van der Waals surface area contributed by atoms with Crippen molar-refractivity contribution in [1.29, 1.82) is 0 Å². The second-order valence-corrected chi connectivity index (χ2v) is 5.72. The lowest BCUT2D eigenvalue weighted by Gasteiger charge is -2.11. The Hall–Kier alpha value is -2.15. The van der Waals surface area contributed by atoms with Crippen LogP contribution in [0.2, 0.25) is 0 Å². The number of anilines is 2. The van der Waals surface area contributed by atoms with Crippen LogP contribution in [0.1, 0.15) is 11.5 Å². The van der Waals surface area contributed by atoms with Crippen LogP contribution in [-0.2, 0) is 10.0 Å². The van der Waals surface area contributed by atoms with Crippen molar-refractivity contribution in [3.8, 4) is 0 Å². The summed E-state index contributed by atoms with van der Waals surface area (Å²) in [5.74, 6) is 0.561. The molecule has 0 aliphatic carbocycles. The predicted octanol–water partition coefficient (Wildman–Crippen LogP) is 1.48. The van der Waals surface area contributed by atoms with Gasteiger partial charge in [0.05, 0.1) is 16.3 Å². The van der Waals surface area contributed by atoms with Gasteiger partial charge in [0.15, 0.2) is 5.82 Å². The van der Waals surface area contributed by atoms with Gasteiger partial charge in [-0.1, -0.05) is 18.2 Å². The summed E-state index contributed by atoms with van der Waals surface area (Å²) in [5.41, 5.74) is 6.55. The standard InChI is InChI=1S/C12H14N4O2S/c1-8-11(13)12(15-9(2)14-8)16-19(17,18)10-6-4-3-5-7-10/h3-7H,13H2,1-2H3,(H,14,15,16). The van der Waals surface area contributed by atoms with Crippen molar-refractivity contribution in [3.63, 3.8) is 0 Å². The van der Waals surface area contributed by atoms with Crippen LogP contribution < -0.4 is 10.5 Å². The van der Waals surface area contributed by atoms with E-state index in [1.807, 2.05) is 0 Å². The van der Waals surface area contributed by atoms with E-state index < -0.39 is 10.0 Å². The smallest absolute Gasteiger partial charge is 0.263 e. The summed E-state index contributed by atoms with van der Waals surface area (Å²) in [7, 11) is -3.69. The highest BCUT2D eigenvalue weighted by Crippen LogP contribution is 2.21. The van der Waals surface area contributed by atoms with Crippen LogP contribution in [0.3, 0.4) is 0 Å². The molecule has 1 aromatic heterocycles. The third-order valence-corrected chi connectivity index (χ3v) is 3.89. The minimum Gasteiger partial charge on any atom is -0.394 e. The zero-order valence-electron chi connectivity index (χ0n) is 10.6. The molecule has 7 heteroatoms. The van der Waals surface area contributed by atoms with E-state index in [0.29, 0.717) is 11.5 Å². The van der Waals surface area contributed by atoms with Crippen molar-refractivity contribution in [2.75, 3.05) is 10.5 Å². The maximum absolute atomic E-state index is 12.1. The SMILES string of the molecule is Cc1nc(C)c(N)c(NS(=O)(=O)c2ccccc2)n1. The van der Waals surface area contributed by atoms with E-state index in [2.05, 4.69) is 14.7 Å². The molecule has 0 radical (unpaired) electrons. The van der Waals surface area contributed by atoms with Gasteiger partial charge in [-0.3, -0.25) is 4.72 Å². The third-order valence-electron chi connectivity index (χ3n) is 2.53. The Bertz CT molecular complexity index is 699. The highest BCUT2D eigenvalue weighted by atomic mass is 32.2. The molecule has 0 aliphatic heterocycles. The van der Waals surface area contributed by atoms with E-state index in [-0.39, 0.29) is 16.4 Å². The van der Waals surface area contributed by atoms with Gasteiger partial charge in [0.25, 0.3) is 10.0 Å². The van der Waals surface area contributed by atoms with Crippen molar-refractivity contribution >= 4 is 21.5 Å². The van der Waals surface area contributed by atoms with Crippen molar-refractivity contribution in [1.82, 2.24) is 9.97 Å². The normalized spacial score (nSPS) is 11.3. The second kappa shape index (κ2) is 4.85. The highest BCUT2D eigenvalue weighted by Gasteiger charge is 2.17. The molecule has 1 aromatic carbocycles. The number of nitrogens with one attached hydrogen (secondary N) is 1. The first kappa shape index (κ1) is 13.3. The van der Waals surface area contributed by atoms with Gasteiger partial charge in [-0.05, 0) is 26.0 Å². The molecule has 100 valence electrons. The van der Waals surface area contributed by atoms with Crippen LogP contribution in [0.4, 0.5) is 11.5 Å². The Balaban J connectivity index is 2.42. The van der Waals surface area contributed by atoms with Gasteiger partial charge >= 0.3 is 0 Å². The minimum absolute atomic E-state index is 0.105. The van der Waals surface area contributed by atoms with E-state index in [0.717, 1.165) is 0 Å². The molecule has 1 heterocycles. The molecular formula is C12H14N4O2S. The Morgan fingerprint density at radius 3 is 2.37 bits per heavy atom. The molecule has 0 saturated carbocycles. The number of nitrogen functional groups attached to an aromatic ring is 1. The van der Waals surface area contributed by atoms with Crippen LogP contribution in [0, 0.1) is 13.8 Å². The summed E-state index contributed by atoms with van der Waals surface area (Å²) in [6.45, 7) is 3.37. The van der Waals surface area contributed by atoms with E-state index >= 15 is 0 Å². The molecule has 6 nitrogen and oxygen atoms in total. The fourth-order valence-electron chi connectivity index (χ4n) is 1.58. The number of sulfonamides is 1. The van der Waals surface area contributed by atoms with Crippen molar-refractivity contribution in [2.45, 2.75) is 18.7 Å². The lowest BCUT2D eigenvalue weighted by molar-refractivity contribution is 0.601. The molecule has 0 fully saturated rings. The monoisotopic (exact) mass is 278 g/mol. The van der Waals surface area contributed by atoms with Crippen molar-refractivity contribution < 1.29 is 8.42 Å². The zero-order chi connectivity index (χ0) is 14.0. The molecule has 0 atom stereocenters. The van der Waals surface area contributed by atoms with Gasteiger partial charge in [-0.25, -0.2) is 18.4 Å². The van der Waals surface area contributed by atoms with Crippen LogP contribution >= 0.6 is 0 Å². The van der Waals surface area contributed by atoms with E-state index in [9.17, 15) is 8.42 Å². The molecule has 0 unspecified atom stereocenters. The highest BCUT2D eigenvalue weighted by molar-refractivity contribution is 7.92. The zero-order valence-corrected chi connectivity index (χ0v) is 11.4. The molecule has 19 heavy (non-hydrogen) atoms. The molecule has 0 amide bonds. The number of aryl methyl sites for hydroxylation is 2. The predicted molar refractivity (Wildman–Crippen MR) is 73.2 cm³/mol. The fraction of sp³-hybridized carbons (Fsp3) is 0.167. The molecular weight excluding hydrogens is 264 g/mol. The largest absolute Gasteiger partial charge is 0.394 e. The molecule has 3 N–H and O–H groups in total. The lowest BCUT2D eigenvalue weighted by Crippen LogP contribution is -2.16. The van der Waals surface area contributed by atoms with Crippen LogP contribution in [-0.4, -0.2) is 18.4 Å². The summed E-state index contributed by atoms with van der Waals surface area (Å²) < 4.78 is 26.7. The maximum Gasteiger partial charge on any atom is 0.263 e. The Labute approximate surface area is 111 Å².